The minimum Gasteiger partial charge on any atom is -0.451 e. The van der Waals surface area contributed by atoms with Crippen LogP contribution >= 0.6 is 28.3 Å². The van der Waals surface area contributed by atoms with Crippen molar-refractivity contribution in [2.45, 2.75) is 13.0 Å². The number of aryl methyl sites for hydroxylation is 1. The van der Waals surface area contributed by atoms with Crippen molar-refractivity contribution < 1.29 is 9.21 Å². The van der Waals surface area contributed by atoms with Gasteiger partial charge in [0.15, 0.2) is 11.2 Å². The van der Waals surface area contributed by atoms with Crippen LogP contribution in [0.3, 0.4) is 0 Å². The van der Waals surface area contributed by atoms with Crippen LogP contribution in [0, 0.1) is 6.92 Å². The fourth-order valence-electron chi connectivity index (χ4n) is 2.90. The van der Waals surface area contributed by atoms with Gasteiger partial charge in [-0.15, -0.1) is 12.4 Å². The van der Waals surface area contributed by atoms with E-state index in [0.29, 0.717) is 17.5 Å². The Kier molecular flexibility index (Phi) is 7.41. The number of carbonyl (C=O) groups is 1. The molecule has 0 fully saturated rings. The lowest BCUT2D eigenvalue weighted by atomic mass is 10.0. The van der Waals surface area contributed by atoms with Gasteiger partial charge in [-0.2, -0.15) is 0 Å². The van der Waals surface area contributed by atoms with E-state index in [0.717, 1.165) is 10.0 Å². The molecule has 28 heavy (non-hydrogen) atoms. The molecular formula is C21H22BrClN2O3. The lowest BCUT2D eigenvalue weighted by Gasteiger charge is -2.25. The van der Waals surface area contributed by atoms with Crippen molar-refractivity contribution >= 4 is 45.2 Å². The molecule has 0 spiro atoms. The first kappa shape index (κ1) is 22.1. The van der Waals surface area contributed by atoms with Crippen LogP contribution in [-0.4, -0.2) is 31.4 Å². The van der Waals surface area contributed by atoms with Gasteiger partial charge in [0, 0.05) is 17.1 Å². The molecule has 7 heteroatoms. The van der Waals surface area contributed by atoms with Gasteiger partial charge in [-0.3, -0.25) is 9.59 Å². The molecule has 1 N–H and O–H groups in total. The predicted octanol–water partition coefficient (Wildman–Crippen LogP) is 4.32. The summed E-state index contributed by atoms with van der Waals surface area (Å²) in [7, 11) is 3.93. The topological polar surface area (TPSA) is 62.6 Å². The van der Waals surface area contributed by atoms with E-state index in [9.17, 15) is 9.59 Å². The zero-order valence-electron chi connectivity index (χ0n) is 15.9. The average molecular weight is 466 g/mol. The molecular weight excluding hydrogens is 444 g/mol. The van der Waals surface area contributed by atoms with Crippen molar-refractivity contribution in [3.8, 4) is 0 Å². The van der Waals surface area contributed by atoms with Gasteiger partial charge in [0.05, 0.1) is 11.4 Å². The van der Waals surface area contributed by atoms with Crippen LogP contribution in [0.5, 0.6) is 0 Å². The van der Waals surface area contributed by atoms with E-state index in [1.165, 1.54) is 11.6 Å². The molecule has 3 rings (SSSR count). The van der Waals surface area contributed by atoms with Crippen molar-refractivity contribution in [1.82, 2.24) is 10.2 Å². The number of rotatable bonds is 5. The summed E-state index contributed by atoms with van der Waals surface area (Å²) in [5, 5.41) is 3.31. The van der Waals surface area contributed by atoms with E-state index in [2.05, 4.69) is 33.4 Å². The number of carbonyl (C=O) groups excluding carboxylic acids is 1. The normalized spacial score (nSPS) is 11.9. The third kappa shape index (κ3) is 5.01. The highest BCUT2D eigenvalue weighted by atomic mass is 79.9. The van der Waals surface area contributed by atoms with Gasteiger partial charge < -0.3 is 14.6 Å². The summed E-state index contributed by atoms with van der Waals surface area (Å²) < 4.78 is 6.41. The van der Waals surface area contributed by atoms with E-state index < -0.39 is 5.91 Å². The molecule has 1 aromatic heterocycles. The summed E-state index contributed by atoms with van der Waals surface area (Å²) in [5.41, 5.74) is 2.43. The maximum atomic E-state index is 12.5. The van der Waals surface area contributed by atoms with Gasteiger partial charge in [0.1, 0.15) is 5.58 Å². The Morgan fingerprint density at radius 1 is 1.14 bits per heavy atom. The van der Waals surface area contributed by atoms with Crippen molar-refractivity contribution in [2.24, 2.45) is 0 Å². The number of halogens is 2. The highest BCUT2D eigenvalue weighted by Gasteiger charge is 2.18. The molecule has 0 aliphatic heterocycles. The first-order valence-corrected chi connectivity index (χ1v) is 9.39. The smallest absolute Gasteiger partial charge is 0.287 e. The summed E-state index contributed by atoms with van der Waals surface area (Å²) in [6, 6.07) is 14.6. The molecule has 3 aromatic rings. The summed E-state index contributed by atoms with van der Waals surface area (Å²) in [5.74, 6) is -0.396. The molecule has 2 aromatic carbocycles. The molecule has 0 saturated heterocycles. The highest BCUT2D eigenvalue weighted by molar-refractivity contribution is 9.10. The molecule has 0 radical (unpaired) electrons. The Bertz CT molecular complexity index is 1030. The fourth-order valence-corrected chi connectivity index (χ4v) is 3.27. The largest absolute Gasteiger partial charge is 0.451 e. The third-order valence-corrected chi connectivity index (χ3v) is 4.95. The Balaban J connectivity index is 0.00000280. The molecule has 1 heterocycles. The Labute approximate surface area is 178 Å². The molecule has 5 nitrogen and oxygen atoms in total. The SMILES string of the molecule is Cc1ccc(C(CNC(=O)c2cc(=O)c3cc(Br)ccc3o2)N(C)C)cc1.Cl. The van der Waals surface area contributed by atoms with Crippen LogP contribution in [0.25, 0.3) is 11.0 Å². The number of hydrogen-bond donors (Lipinski definition) is 1. The Hall–Kier alpha value is -2.15. The molecule has 1 amide bonds. The van der Waals surface area contributed by atoms with Crippen molar-refractivity contribution in [1.29, 1.82) is 0 Å². The number of hydrogen-bond acceptors (Lipinski definition) is 4. The van der Waals surface area contributed by atoms with Crippen LogP contribution in [0.15, 0.2) is 62.2 Å². The van der Waals surface area contributed by atoms with E-state index in [1.54, 1.807) is 18.2 Å². The molecule has 0 bridgehead atoms. The van der Waals surface area contributed by atoms with Crippen LogP contribution in [-0.2, 0) is 0 Å². The standard InChI is InChI=1S/C21H21BrN2O3.ClH/c1-13-4-6-14(7-5-13)17(24(2)3)12-23-21(26)20-11-18(25)16-10-15(22)8-9-19(16)27-20;/h4-11,17H,12H2,1-3H3,(H,23,26);1H. The first-order chi connectivity index (χ1) is 12.8. The van der Waals surface area contributed by atoms with E-state index in [-0.39, 0.29) is 29.6 Å². The van der Waals surface area contributed by atoms with Crippen molar-refractivity contribution in [3.05, 3.63) is 80.1 Å². The van der Waals surface area contributed by atoms with E-state index in [4.69, 9.17) is 4.42 Å². The molecule has 1 unspecified atom stereocenters. The Morgan fingerprint density at radius 3 is 2.46 bits per heavy atom. The van der Waals surface area contributed by atoms with Gasteiger partial charge in [0.25, 0.3) is 5.91 Å². The fraction of sp³-hybridized carbons (Fsp3) is 0.238. The second-order valence-electron chi connectivity index (χ2n) is 6.72. The van der Waals surface area contributed by atoms with Gasteiger partial charge in [-0.25, -0.2) is 0 Å². The second-order valence-corrected chi connectivity index (χ2v) is 7.63. The number of nitrogens with one attached hydrogen (secondary N) is 1. The maximum absolute atomic E-state index is 12.5. The van der Waals surface area contributed by atoms with Crippen molar-refractivity contribution in [2.75, 3.05) is 20.6 Å². The highest BCUT2D eigenvalue weighted by Crippen LogP contribution is 2.20. The maximum Gasteiger partial charge on any atom is 0.287 e. The van der Waals surface area contributed by atoms with Crippen LogP contribution in [0.1, 0.15) is 27.7 Å². The molecule has 0 aliphatic rings. The molecule has 148 valence electrons. The van der Waals surface area contributed by atoms with E-state index >= 15 is 0 Å². The molecule has 0 aliphatic carbocycles. The van der Waals surface area contributed by atoms with Gasteiger partial charge in [0.2, 0.25) is 0 Å². The number of fused-ring (bicyclic) bond motifs is 1. The summed E-state index contributed by atoms with van der Waals surface area (Å²) in [4.78, 5) is 26.9. The van der Waals surface area contributed by atoms with Crippen LogP contribution in [0.2, 0.25) is 0 Å². The minimum absolute atomic E-state index is 0. The average Bonchev–Trinajstić information content (AvgIpc) is 2.63. The quantitative estimate of drug-likeness (QED) is 0.610. The lowest BCUT2D eigenvalue weighted by molar-refractivity contribution is 0.0914. The zero-order chi connectivity index (χ0) is 19.6. The van der Waals surface area contributed by atoms with E-state index in [1.807, 2.05) is 38.1 Å². The van der Waals surface area contributed by atoms with Gasteiger partial charge in [-0.05, 0) is 44.8 Å². The van der Waals surface area contributed by atoms with Crippen LogP contribution in [0.4, 0.5) is 0 Å². The number of likely N-dealkylation sites (N-methyl/N-ethyl adjacent to an activating group) is 1. The predicted molar refractivity (Wildman–Crippen MR) is 117 cm³/mol. The monoisotopic (exact) mass is 464 g/mol. The third-order valence-electron chi connectivity index (χ3n) is 4.45. The molecule has 1 atom stereocenters. The number of benzene rings is 2. The van der Waals surface area contributed by atoms with Crippen molar-refractivity contribution in [3.63, 3.8) is 0 Å². The van der Waals surface area contributed by atoms with Gasteiger partial charge >= 0.3 is 0 Å². The minimum atomic E-state index is -0.407. The number of amides is 1. The molecule has 0 saturated carbocycles. The lowest BCUT2D eigenvalue weighted by Crippen LogP contribution is -2.34. The summed E-state index contributed by atoms with van der Waals surface area (Å²) >= 11 is 3.33. The summed E-state index contributed by atoms with van der Waals surface area (Å²) in [6.45, 7) is 2.44. The zero-order valence-corrected chi connectivity index (χ0v) is 18.3. The number of nitrogens with zero attached hydrogens (tertiary/aromatic N) is 1. The summed E-state index contributed by atoms with van der Waals surface area (Å²) in [6.07, 6.45) is 0. The Morgan fingerprint density at radius 2 is 1.82 bits per heavy atom. The van der Waals surface area contributed by atoms with Crippen LogP contribution < -0.4 is 10.7 Å². The van der Waals surface area contributed by atoms with Gasteiger partial charge in [-0.1, -0.05) is 45.8 Å². The first-order valence-electron chi connectivity index (χ1n) is 8.60. The second kappa shape index (κ2) is 9.37.